The standard InChI is InChI=1S/C12H17NO5.C2H4O2/c1-8(2)5-13(7-11(14)15)6-9-3-4-10(18-9)12(16)17;1-2(3)4/h3-4,8H,5-7H2,1-2H3,(H,14,15)(H,16,17);1H3,(H,3,4). The van der Waals surface area contributed by atoms with Crippen LogP contribution in [0.3, 0.4) is 0 Å². The number of carbonyl (C=O) groups is 3. The first-order valence-electron chi connectivity index (χ1n) is 6.57. The Bertz CT molecular complexity index is 503. The van der Waals surface area contributed by atoms with E-state index >= 15 is 0 Å². The Labute approximate surface area is 128 Å². The Balaban J connectivity index is 0.000000980. The average Bonchev–Trinajstić information content (AvgIpc) is 2.74. The largest absolute Gasteiger partial charge is 0.481 e. The number of aliphatic carboxylic acids is 2. The van der Waals surface area contributed by atoms with Gasteiger partial charge in [-0.25, -0.2) is 4.79 Å². The van der Waals surface area contributed by atoms with Crippen molar-refractivity contribution in [3.05, 3.63) is 23.7 Å². The molecule has 0 aliphatic carbocycles. The maximum Gasteiger partial charge on any atom is 0.371 e. The van der Waals surface area contributed by atoms with Gasteiger partial charge in [-0.2, -0.15) is 0 Å². The molecule has 0 spiro atoms. The lowest BCUT2D eigenvalue weighted by molar-refractivity contribution is -0.138. The van der Waals surface area contributed by atoms with E-state index < -0.39 is 17.9 Å². The molecule has 1 rings (SSSR count). The molecule has 0 aromatic carbocycles. The molecule has 0 aliphatic rings. The Morgan fingerprint density at radius 3 is 2.09 bits per heavy atom. The number of nitrogens with zero attached hydrogens (tertiary/aromatic N) is 1. The third-order valence-electron chi connectivity index (χ3n) is 2.23. The van der Waals surface area contributed by atoms with Crippen LogP contribution in [-0.4, -0.2) is 51.2 Å². The van der Waals surface area contributed by atoms with E-state index in [0.717, 1.165) is 6.92 Å². The van der Waals surface area contributed by atoms with Crippen molar-refractivity contribution in [2.75, 3.05) is 13.1 Å². The van der Waals surface area contributed by atoms with Crippen LogP contribution in [-0.2, 0) is 16.1 Å². The first kappa shape index (κ1) is 19.7. The molecule has 8 heteroatoms. The van der Waals surface area contributed by atoms with Crippen molar-refractivity contribution in [3.63, 3.8) is 0 Å². The highest BCUT2D eigenvalue weighted by Crippen LogP contribution is 2.12. The summed E-state index contributed by atoms with van der Waals surface area (Å²) in [4.78, 5) is 32.1. The van der Waals surface area contributed by atoms with E-state index in [2.05, 4.69) is 0 Å². The van der Waals surface area contributed by atoms with Crippen LogP contribution in [0.2, 0.25) is 0 Å². The zero-order valence-corrected chi connectivity index (χ0v) is 12.8. The van der Waals surface area contributed by atoms with E-state index in [0.29, 0.717) is 18.2 Å². The average molecular weight is 315 g/mol. The molecular formula is C14H21NO7. The molecule has 0 saturated carbocycles. The van der Waals surface area contributed by atoms with Crippen molar-refractivity contribution in [1.82, 2.24) is 4.90 Å². The fourth-order valence-electron chi connectivity index (χ4n) is 1.69. The number of hydrogen-bond acceptors (Lipinski definition) is 5. The lowest BCUT2D eigenvalue weighted by atomic mass is 10.2. The van der Waals surface area contributed by atoms with Crippen LogP contribution in [0.5, 0.6) is 0 Å². The van der Waals surface area contributed by atoms with E-state index in [1.807, 2.05) is 13.8 Å². The zero-order chi connectivity index (χ0) is 17.3. The van der Waals surface area contributed by atoms with E-state index in [9.17, 15) is 9.59 Å². The highest BCUT2D eigenvalue weighted by Gasteiger charge is 2.15. The van der Waals surface area contributed by atoms with Gasteiger partial charge in [-0.05, 0) is 18.1 Å². The van der Waals surface area contributed by atoms with E-state index in [1.165, 1.54) is 6.07 Å². The molecule has 22 heavy (non-hydrogen) atoms. The predicted molar refractivity (Wildman–Crippen MR) is 76.7 cm³/mol. The summed E-state index contributed by atoms with van der Waals surface area (Å²) in [6.07, 6.45) is 0. The van der Waals surface area contributed by atoms with E-state index in [-0.39, 0.29) is 18.8 Å². The van der Waals surface area contributed by atoms with Gasteiger partial charge in [-0.1, -0.05) is 13.8 Å². The van der Waals surface area contributed by atoms with Crippen LogP contribution in [0, 0.1) is 5.92 Å². The van der Waals surface area contributed by atoms with Crippen LogP contribution >= 0.6 is 0 Å². The van der Waals surface area contributed by atoms with Gasteiger partial charge in [0.05, 0.1) is 13.1 Å². The molecule has 0 saturated heterocycles. The topological polar surface area (TPSA) is 128 Å². The predicted octanol–water partition coefficient (Wildman–Crippen LogP) is 1.61. The molecule has 0 atom stereocenters. The van der Waals surface area contributed by atoms with E-state index in [1.54, 1.807) is 11.0 Å². The summed E-state index contributed by atoms with van der Waals surface area (Å²) in [5, 5.41) is 24.9. The summed E-state index contributed by atoms with van der Waals surface area (Å²) >= 11 is 0. The lowest BCUT2D eigenvalue weighted by Crippen LogP contribution is -2.32. The number of rotatable bonds is 7. The fraction of sp³-hybridized carbons (Fsp3) is 0.500. The van der Waals surface area contributed by atoms with Gasteiger partial charge in [0.2, 0.25) is 5.76 Å². The van der Waals surface area contributed by atoms with Gasteiger partial charge < -0.3 is 19.7 Å². The molecule has 124 valence electrons. The third kappa shape index (κ3) is 9.54. The summed E-state index contributed by atoms with van der Waals surface area (Å²) in [6.45, 7) is 5.85. The van der Waals surface area contributed by atoms with Gasteiger partial charge >= 0.3 is 11.9 Å². The molecule has 0 amide bonds. The zero-order valence-electron chi connectivity index (χ0n) is 12.8. The molecule has 0 bridgehead atoms. The minimum Gasteiger partial charge on any atom is -0.481 e. The van der Waals surface area contributed by atoms with Gasteiger partial charge in [-0.15, -0.1) is 0 Å². The highest BCUT2D eigenvalue weighted by molar-refractivity contribution is 5.84. The Hall–Kier alpha value is -2.35. The summed E-state index contributed by atoms with van der Waals surface area (Å²) in [7, 11) is 0. The second-order valence-electron chi connectivity index (χ2n) is 5.05. The number of carboxylic acid groups (broad SMARTS) is 3. The summed E-state index contributed by atoms with van der Waals surface area (Å²) in [6, 6.07) is 2.92. The van der Waals surface area contributed by atoms with Crippen molar-refractivity contribution < 1.29 is 34.1 Å². The van der Waals surface area contributed by atoms with Gasteiger partial charge in [0.15, 0.2) is 0 Å². The van der Waals surface area contributed by atoms with E-state index in [4.69, 9.17) is 24.5 Å². The molecule has 0 unspecified atom stereocenters. The first-order chi connectivity index (χ1) is 10.1. The van der Waals surface area contributed by atoms with Crippen molar-refractivity contribution >= 4 is 17.9 Å². The second-order valence-corrected chi connectivity index (χ2v) is 5.05. The first-order valence-corrected chi connectivity index (χ1v) is 6.57. The number of furan rings is 1. The normalized spacial score (nSPS) is 10.2. The Kier molecular flexibility index (Phi) is 8.54. The molecule has 3 N–H and O–H groups in total. The van der Waals surface area contributed by atoms with Crippen molar-refractivity contribution in [3.8, 4) is 0 Å². The molecule has 1 aromatic heterocycles. The van der Waals surface area contributed by atoms with Crippen molar-refractivity contribution in [2.24, 2.45) is 5.92 Å². The van der Waals surface area contributed by atoms with Crippen molar-refractivity contribution in [1.29, 1.82) is 0 Å². The highest BCUT2D eigenvalue weighted by atomic mass is 16.4. The lowest BCUT2D eigenvalue weighted by Gasteiger charge is -2.20. The molecule has 1 aromatic rings. The molecular weight excluding hydrogens is 294 g/mol. The smallest absolute Gasteiger partial charge is 0.371 e. The van der Waals surface area contributed by atoms with Crippen LogP contribution in [0.1, 0.15) is 37.1 Å². The fourth-order valence-corrected chi connectivity index (χ4v) is 1.69. The van der Waals surface area contributed by atoms with Crippen LogP contribution < -0.4 is 0 Å². The molecule has 0 fully saturated rings. The number of hydrogen-bond donors (Lipinski definition) is 3. The monoisotopic (exact) mass is 315 g/mol. The third-order valence-corrected chi connectivity index (χ3v) is 2.23. The molecule has 1 heterocycles. The molecule has 0 aliphatic heterocycles. The van der Waals surface area contributed by atoms with Crippen molar-refractivity contribution in [2.45, 2.75) is 27.3 Å². The minimum absolute atomic E-state index is 0.0959. The van der Waals surface area contributed by atoms with Gasteiger partial charge in [-0.3, -0.25) is 14.5 Å². The van der Waals surface area contributed by atoms with Gasteiger partial charge in [0.25, 0.3) is 5.97 Å². The van der Waals surface area contributed by atoms with Gasteiger partial charge in [0, 0.05) is 13.5 Å². The Morgan fingerprint density at radius 1 is 1.18 bits per heavy atom. The summed E-state index contributed by atoms with van der Waals surface area (Å²) in [5.41, 5.74) is 0. The maximum atomic E-state index is 10.7. The van der Waals surface area contributed by atoms with Crippen LogP contribution in [0.15, 0.2) is 16.5 Å². The molecule has 0 radical (unpaired) electrons. The summed E-state index contributed by atoms with van der Waals surface area (Å²) in [5.74, 6) is -2.24. The molecule has 8 nitrogen and oxygen atoms in total. The van der Waals surface area contributed by atoms with Crippen LogP contribution in [0.4, 0.5) is 0 Å². The van der Waals surface area contributed by atoms with Crippen LogP contribution in [0.25, 0.3) is 0 Å². The van der Waals surface area contributed by atoms with Gasteiger partial charge in [0.1, 0.15) is 5.76 Å². The SMILES string of the molecule is CC(=O)O.CC(C)CN(CC(=O)O)Cc1ccc(C(=O)O)o1. The maximum absolute atomic E-state index is 10.7. The number of carboxylic acids is 3. The minimum atomic E-state index is -1.13. The quantitative estimate of drug-likeness (QED) is 0.692. The number of aromatic carboxylic acids is 1. The summed E-state index contributed by atoms with van der Waals surface area (Å²) < 4.78 is 5.10. The Morgan fingerprint density at radius 2 is 1.73 bits per heavy atom. The second kappa shape index (κ2) is 9.56.